The Morgan fingerprint density at radius 3 is 2.30 bits per heavy atom. The Bertz CT molecular complexity index is 665. The van der Waals surface area contributed by atoms with E-state index in [1.165, 1.54) is 13.8 Å². The van der Waals surface area contributed by atoms with Gasteiger partial charge in [-0.15, -0.1) is 0 Å². The molecule has 1 unspecified atom stereocenters. The number of esters is 2. The van der Waals surface area contributed by atoms with Gasteiger partial charge in [-0.05, 0) is 45.8 Å². The largest absolute Gasteiger partial charge is 0.497 e. The van der Waals surface area contributed by atoms with Crippen LogP contribution >= 0.6 is 0 Å². The van der Waals surface area contributed by atoms with Crippen molar-refractivity contribution in [2.75, 3.05) is 27.7 Å². The van der Waals surface area contributed by atoms with Crippen LogP contribution in [0.4, 0.5) is 0 Å². The highest BCUT2D eigenvalue weighted by Crippen LogP contribution is 2.46. The molecule has 0 radical (unpaired) electrons. The fourth-order valence-corrected chi connectivity index (χ4v) is 4.04. The van der Waals surface area contributed by atoms with Crippen LogP contribution in [0.15, 0.2) is 18.2 Å². The predicted octanol–water partition coefficient (Wildman–Crippen LogP) is 3.53. The number of likely N-dealkylation sites (N-methyl/N-ethyl adjacent to an activating group) is 1. The lowest BCUT2D eigenvalue weighted by Crippen LogP contribution is -2.46. The zero-order valence-electron chi connectivity index (χ0n) is 17.0. The topological polar surface area (TPSA) is 65.1 Å². The van der Waals surface area contributed by atoms with Crippen LogP contribution < -0.4 is 9.47 Å². The minimum absolute atomic E-state index is 0.114. The summed E-state index contributed by atoms with van der Waals surface area (Å²) in [6, 6.07) is 5.50. The number of ether oxygens (including phenoxy) is 3. The van der Waals surface area contributed by atoms with Gasteiger partial charge in [-0.2, -0.15) is 0 Å². The van der Waals surface area contributed by atoms with Gasteiger partial charge in [-0.25, -0.2) is 0 Å². The Morgan fingerprint density at radius 1 is 1.11 bits per heavy atom. The summed E-state index contributed by atoms with van der Waals surface area (Å²) in [7, 11) is 5.56. The van der Waals surface area contributed by atoms with Gasteiger partial charge in [0.1, 0.15) is 17.1 Å². The van der Waals surface area contributed by atoms with E-state index in [9.17, 15) is 9.59 Å². The average Bonchev–Trinajstić information content (AvgIpc) is 2.59. The number of hydrogen-bond acceptors (Lipinski definition) is 6. The molecule has 0 heterocycles. The third kappa shape index (κ3) is 5.45. The van der Waals surface area contributed by atoms with Crippen molar-refractivity contribution in [1.82, 2.24) is 4.90 Å². The minimum Gasteiger partial charge on any atom is -0.497 e. The Kier molecular flexibility index (Phi) is 7.25. The van der Waals surface area contributed by atoms with E-state index in [4.69, 9.17) is 14.2 Å². The highest BCUT2D eigenvalue weighted by molar-refractivity contribution is 5.70. The molecule has 27 heavy (non-hydrogen) atoms. The van der Waals surface area contributed by atoms with Crippen molar-refractivity contribution in [3.05, 3.63) is 23.8 Å². The predicted molar refractivity (Wildman–Crippen MR) is 103 cm³/mol. The number of benzene rings is 1. The van der Waals surface area contributed by atoms with E-state index < -0.39 is 11.6 Å². The Balaban J connectivity index is 2.57. The van der Waals surface area contributed by atoms with Crippen molar-refractivity contribution < 1.29 is 23.8 Å². The molecule has 1 aliphatic rings. The number of hydrogen-bond donors (Lipinski definition) is 0. The molecule has 6 heteroatoms. The highest BCUT2D eigenvalue weighted by atomic mass is 16.6. The maximum Gasteiger partial charge on any atom is 0.308 e. The summed E-state index contributed by atoms with van der Waals surface area (Å²) >= 11 is 0. The molecule has 1 saturated carbocycles. The number of carbonyl (C=O) groups excluding carboxylic acids is 2. The molecule has 0 aromatic heterocycles. The smallest absolute Gasteiger partial charge is 0.308 e. The summed E-state index contributed by atoms with van der Waals surface area (Å²) < 4.78 is 16.8. The van der Waals surface area contributed by atoms with E-state index in [1.54, 1.807) is 13.2 Å². The maximum atomic E-state index is 12.0. The minimum atomic E-state index is -0.599. The van der Waals surface area contributed by atoms with Crippen molar-refractivity contribution in [1.29, 1.82) is 0 Å². The van der Waals surface area contributed by atoms with Gasteiger partial charge in [-0.1, -0.05) is 12.5 Å². The van der Waals surface area contributed by atoms with E-state index in [0.717, 1.165) is 37.7 Å². The first-order valence-electron chi connectivity index (χ1n) is 9.48. The molecule has 0 saturated heterocycles. The molecule has 0 bridgehead atoms. The van der Waals surface area contributed by atoms with Crippen LogP contribution in [-0.2, 0) is 14.3 Å². The summed E-state index contributed by atoms with van der Waals surface area (Å²) in [6.45, 7) is 3.52. The molecule has 1 aliphatic carbocycles. The van der Waals surface area contributed by atoms with E-state index in [1.807, 2.05) is 26.2 Å². The molecule has 0 aliphatic heterocycles. The molecule has 1 fully saturated rings. The SMILES string of the molecule is COc1ccc(C(CN(C)C)C2(OC(C)=O)CCCCC2)c(OC(C)=O)c1. The van der Waals surface area contributed by atoms with Crippen molar-refractivity contribution in [3.8, 4) is 11.5 Å². The molecule has 150 valence electrons. The summed E-state index contributed by atoms with van der Waals surface area (Å²) in [6.07, 6.45) is 4.76. The van der Waals surface area contributed by atoms with Gasteiger partial charge in [0.2, 0.25) is 0 Å². The first-order valence-corrected chi connectivity index (χ1v) is 9.48. The highest BCUT2D eigenvalue weighted by Gasteiger charge is 2.45. The number of carbonyl (C=O) groups is 2. The van der Waals surface area contributed by atoms with Gasteiger partial charge in [0.05, 0.1) is 7.11 Å². The van der Waals surface area contributed by atoms with Crippen molar-refractivity contribution in [2.45, 2.75) is 57.5 Å². The number of methoxy groups -OCH3 is 1. The molecule has 1 aromatic carbocycles. The van der Waals surface area contributed by atoms with Crippen molar-refractivity contribution >= 4 is 11.9 Å². The Morgan fingerprint density at radius 2 is 1.78 bits per heavy atom. The fourth-order valence-electron chi connectivity index (χ4n) is 4.04. The van der Waals surface area contributed by atoms with Gasteiger partial charge in [0.15, 0.2) is 0 Å². The lowest BCUT2D eigenvalue weighted by atomic mass is 9.72. The fraction of sp³-hybridized carbons (Fsp3) is 0.619. The third-order valence-electron chi connectivity index (χ3n) is 5.08. The first kappa shape index (κ1) is 21.2. The second kappa shape index (κ2) is 9.22. The van der Waals surface area contributed by atoms with Gasteiger partial charge < -0.3 is 19.1 Å². The number of nitrogens with zero attached hydrogens (tertiary/aromatic N) is 1. The Hall–Kier alpha value is -2.08. The molecule has 0 spiro atoms. The molecule has 6 nitrogen and oxygen atoms in total. The quantitative estimate of drug-likeness (QED) is 0.535. The molecule has 0 N–H and O–H groups in total. The average molecular weight is 377 g/mol. The zero-order valence-corrected chi connectivity index (χ0v) is 17.0. The van der Waals surface area contributed by atoms with Crippen molar-refractivity contribution in [3.63, 3.8) is 0 Å². The van der Waals surface area contributed by atoms with Crippen LogP contribution in [0.2, 0.25) is 0 Å². The van der Waals surface area contributed by atoms with Crippen LogP contribution in [0.5, 0.6) is 11.5 Å². The van der Waals surface area contributed by atoms with Gasteiger partial charge >= 0.3 is 11.9 Å². The van der Waals surface area contributed by atoms with E-state index in [-0.39, 0.29) is 11.9 Å². The normalized spacial score (nSPS) is 17.3. The van der Waals surface area contributed by atoms with Gasteiger partial charge in [0, 0.05) is 37.9 Å². The maximum absolute atomic E-state index is 12.0. The van der Waals surface area contributed by atoms with Gasteiger partial charge in [-0.3, -0.25) is 9.59 Å². The Labute approximate surface area is 161 Å². The van der Waals surface area contributed by atoms with Gasteiger partial charge in [0.25, 0.3) is 0 Å². The monoisotopic (exact) mass is 377 g/mol. The summed E-state index contributed by atoms with van der Waals surface area (Å²) in [5, 5.41) is 0. The lowest BCUT2D eigenvalue weighted by Gasteiger charge is -2.44. The second-order valence-corrected chi connectivity index (χ2v) is 7.53. The van der Waals surface area contributed by atoms with E-state index in [2.05, 4.69) is 4.90 Å². The standard InChI is InChI=1S/C21H31NO5/c1-15(23)26-20-13-17(25-5)9-10-18(20)19(14-22(3)4)21(27-16(2)24)11-7-6-8-12-21/h9-10,13,19H,6-8,11-12,14H2,1-5H3. The molecule has 1 atom stereocenters. The van der Waals surface area contributed by atoms with Crippen LogP contribution in [0.3, 0.4) is 0 Å². The summed E-state index contributed by atoms with van der Waals surface area (Å²) in [4.78, 5) is 25.7. The summed E-state index contributed by atoms with van der Waals surface area (Å²) in [5.74, 6) is 0.299. The second-order valence-electron chi connectivity index (χ2n) is 7.53. The molecular weight excluding hydrogens is 346 g/mol. The van der Waals surface area contributed by atoms with E-state index in [0.29, 0.717) is 18.0 Å². The van der Waals surface area contributed by atoms with Crippen LogP contribution in [0.1, 0.15) is 57.4 Å². The summed E-state index contributed by atoms with van der Waals surface area (Å²) in [5.41, 5.74) is 0.264. The molecule has 0 amide bonds. The number of rotatable bonds is 7. The van der Waals surface area contributed by atoms with Crippen LogP contribution in [0, 0.1) is 0 Å². The lowest BCUT2D eigenvalue weighted by molar-refractivity contribution is -0.164. The zero-order chi connectivity index (χ0) is 20.0. The third-order valence-corrected chi connectivity index (χ3v) is 5.08. The van der Waals surface area contributed by atoms with Crippen molar-refractivity contribution in [2.24, 2.45) is 0 Å². The van der Waals surface area contributed by atoms with Crippen LogP contribution in [-0.4, -0.2) is 50.2 Å². The molecule has 1 aromatic rings. The van der Waals surface area contributed by atoms with E-state index >= 15 is 0 Å². The van der Waals surface area contributed by atoms with Crippen LogP contribution in [0.25, 0.3) is 0 Å². The molecule has 2 rings (SSSR count). The first-order chi connectivity index (χ1) is 12.8. The molecular formula is C21H31NO5.